The second-order valence-corrected chi connectivity index (χ2v) is 5.90. The molecule has 0 fully saturated rings. The SMILES string of the molecule is Clc1ccc(Oc2cc(Cl)c(Cl)cc2Cl)c(CBr)c1. The van der Waals surface area contributed by atoms with Crippen LogP contribution in [0.2, 0.25) is 20.1 Å². The third kappa shape index (κ3) is 3.71. The summed E-state index contributed by atoms with van der Waals surface area (Å²) in [6.45, 7) is 0. The Morgan fingerprint density at radius 1 is 0.842 bits per heavy atom. The van der Waals surface area contributed by atoms with E-state index in [4.69, 9.17) is 51.1 Å². The standard InChI is InChI=1S/C13H7BrCl4O/c14-6-7-3-8(15)1-2-12(7)19-13-5-10(17)9(16)4-11(13)18/h1-5H,6H2. The van der Waals surface area contributed by atoms with Gasteiger partial charge >= 0.3 is 0 Å². The number of hydrogen-bond donors (Lipinski definition) is 0. The molecule has 0 aliphatic heterocycles. The van der Waals surface area contributed by atoms with Gasteiger partial charge in [0.05, 0.1) is 15.1 Å². The van der Waals surface area contributed by atoms with Crippen molar-refractivity contribution in [2.45, 2.75) is 5.33 Å². The Bertz CT molecular complexity index is 616. The molecule has 0 aliphatic rings. The highest BCUT2D eigenvalue weighted by Crippen LogP contribution is 2.38. The molecule has 100 valence electrons. The normalized spacial score (nSPS) is 10.6. The Kier molecular flexibility index (Phi) is 5.27. The summed E-state index contributed by atoms with van der Waals surface area (Å²) >= 11 is 27.2. The van der Waals surface area contributed by atoms with Crippen LogP contribution < -0.4 is 4.74 Å². The van der Waals surface area contributed by atoms with Crippen molar-refractivity contribution >= 4 is 62.3 Å². The minimum absolute atomic E-state index is 0.385. The van der Waals surface area contributed by atoms with Gasteiger partial charge in [0.15, 0.2) is 0 Å². The Hall–Kier alpha value is -0.120. The van der Waals surface area contributed by atoms with Crippen LogP contribution in [0.15, 0.2) is 30.3 Å². The highest BCUT2D eigenvalue weighted by molar-refractivity contribution is 9.08. The molecule has 0 aliphatic carbocycles. The van der Waals surface area contributed by atoms with Gasteiger partial charge in [-0.3, -0.25) is 0 Å². The monoisotopic (exact) mass is 398 g/mol. The average Bonchev–Trinajstić information content (AvgIpc) is 2.37. The zero-order valence-electron chi connectivity index (χ0n) is 9.39. The first-order chi connectivity index (χ1) is 9.01. The summed E-state index contributed by atoms with van der Waals surface area (Å²) in [5, 5.41) is 2.42. The first-order valence-electron chi connectivity index (χ1n) is 5.18. The van der Waals surface area contributed by atoms with Crippen LogP contribution >= 0.6 is 62.3 Å². The predicted molar refractivity (Wildman–Crippen MR) is 85.6 cm³/mol. The van der Waals surface area contributed by atoms with E-state index in [0.29, 0.717) is 36.9 Å². The van der Waals surface area contributed by atoms with E-state index < -0.39 is 0 Å². The van der Waals surface area contributed by atoms with Crippen LogP contribution in [0.1, 0.15) is 5.56 Å². The lowest BCUT2D eigenvalue weighted by atomic mass is 10.2. The largest absolute Gasteiger partial charge is 0.455 e. The van der Waals surface area contributed by atoms with Crippen LogP contribution in [0.25, 0.3) is 0 Å². The number of hydrogen-bond acceptors (Lipinski definition) is 1. The van der Waals surface area contributed by atoms with Crippen LogP contribution in [0.4, 0.5) is 0 Å². The van der Waals surface area contributed by atoms with Gasteiger partial charge in [-0.15, -0.1) is 0 Å². The van der Waals surface area contributed by atoms with Gasteiger partial charge in [-0.2, -0.15) is 0 Å². The van der Waals surface area contributed by atoms with Crippen molar-refractivity contribution in [1.29, 1.82) is 0 Å². The summed E-state index contributed by atoms with van der Waals surface area (Å²) in [6, 6.07) is 8.46. The number of benzene rings is 2. The molecule has 0 heterocycles. The van der Waals surface area contributed by atoms with Gasteiger partial charge in [0.2, 0.25) is 0 Å². The number of alkyl halides is 1. The first-order valence-corrected chi connectivity index (χ1v) is 7.81. The Balaban J connectivity index is 2.39. The molecule has 0 saturated heterocycles. The average molecular weight is 401 g/mol. The van der Waals surface area contributed by atoms with Crippen LogP contribution in [0, 0.1) is 0 Å². The zero-order chi connectivity index (χ0) is 14.0. The maximum atomic E-state index is 6.07. The van der Waals surface area contributed by atoms with E-state index >= 15 is 0 Å². The van der Waals surface area contributed by atoms with Crippen LogP contribution in [-0.4, -0.2) is 0 Å². The molecule has 0 saturated carbocycles. The molecule has 19 heavy (non-hydrogen) atoms. The second kappa shape index (κ2) is 6.55. The molecule has 0 bridgehead atoms. The van der Waals surface area contributed by atoms with E-state index in [1.807, 2.05) is 6.07 Å². The van der Waals surface area contributed by atoms with Gasteiger partial charge in [0.25, 0.3) is 0 Å². The lowest BCUT2D eigenvalue weighted by molar-refractivity contribution is 0.479. The molecule has 0 aromatic heterocycles. The Morgan fingerprint density at radius 2 is 1.53 bits per heavy atom. The summed E-state index contributed by atoms with van der Waals surface area (Å²) in [7, 11) is 0. The third-order valence-corrected chi connectivity index (χ3v) is 4.22. The van der Waals surface area contributed by atoms with Crippen molar-refractivity contribution in [2.75, 3.05) is 0 Å². The number of ether oxygens (including phenoxy) is 1. The maximum absolute atomic E-state index is 6.07. The van der Waals surface area contributed by atoms with E-state index in [1.54, 1.807) is 24.3 Å². The number of rotatable bonds is 3. The second-order valence-electron chi connectivity index (χ2n) is 3.68. The lowest BCUT2D eigenvalue weighted by Gasteiger charge is -2.12. The molecule has 2 aromatic carbocycles. The fraction of sp³-hybridized carbons (Fsp3) is 0.0769. The molecule has 0 amide bonds. The van der Waals surface area contributed by atoms with Gasteiger partial charge in [-0.25, -0.2) is 0 Å². The van der Waals surface area contributed by atoms with Crippen LogP contribution in [0.3, 0.4) is 0 Å². The van der Waals surface area contributed by atoms with Gasteiger partial charge in [0, 0.05) is 22.0 Å². The molecule has 0 spiro atoms. The van der Waals surface area contributed by atoms with Crippen molar-refractivity contribution in [3.63, 3.8) is 0 Å². The van der Waals surface area contributed by atoms with E-state index in [-0.39, 0.29) is 0 Å². The molecule has 0 atom stereocenters. The van der Waals surface area contributed by atoms with E-state index in [9.17, 15) is 0 Å². The van der Waals surface area contributed by atoms with Gasteiger partial charge in [-0.05, 0) is 24.3 Å². The first kappa shape index (κ1) is 15.3. The van der Waals surface area contributed by atoms with Gasteiger partial charge < -0.3 is 4.74 Å². The summed E-state index contributed by atoms with van der Waals surface area (Å²) < 4.78 is 5.76. The van der Waals surface area contributed by atoms with Crippen molar-refractivity contribution in [3.05, 3.63) is 56.0 Å². The third-order valence-electron chi connectivity index (χ3n) is 2.36. The van der Waals surface area contributed by atoms with E-state index in [0.717, 1.165) is 5.56 Å². The molecule has 0 radical (unpaired) electrons. The highest BCUT2D eigenvalue weighted by atomic mass is 79.9. The predicted octanol–water partition coefficient (Wildman–Crippen LogP) is 6.99. The number of halogens is 5. The van der Waals surface area contributed by atoms with Gasteiger partial charge in [-0.1, -0.05) is 62.3 Å². The topological polar surface area (TPSA) is 9.23 Å². The molecule has 6 heteroatoms. The quantitative estimate of drug-likeness (QED) is 0.398. The minimum Gasteiger partial charge on any atom is -0.455 e. The van der Waals surface area contributed by atoms with Crippen LogP contribution in [0.5, 0.6) is 11.5 Å². The molecule has 2 rings (SSSR count). The summed E-state index contributed by atoms with van der Waals surface area (Å²) in [6.07, 6.45) is 0. The Morgan fingerprint density at radius 3 is 2.21 bits per heavy atom. The molecular weight excluding hydrogens is 394 g/mol. The zero-order valence-corrected chi connectivity index (χ0v) is 14.0. The molecule has 0 N–H and O–H groups in total. The van der Waals surface area contributed by atoms with Gasteiger partial charge in [0.1, 0.15) is 11.5 Å². The fourth-order valence-electron chi connectivity index (χ4n) is 1.45. The summed E-state index contributed by atoms with van der Waals surface area (Å²) in [4.78, 5) is 0. The minimum atomic E-state index is 0.385. The molecule has 2 aromatic rings. The molecular formula is C13H7BrCl4O. The smallest absolute Gasteiger partial charge is 0.147 e. The van der Waals surface area contributed by atoms with Crippen molar-refractivity contribution < 1.29 is 4.74 Å². The van der Waals surface area contributed by atoms with Crippen molar-refractivity contribution in [1.82, 2.24) is 0 Å². The van der Waals surface area contributed by atoms with Crippen molar-refractivity contribution in [3.8, 4) is 11.5 Å². The molecule has 1 nitrogen and oxygen atoms in total. The Labute approximate surface area is 139 Å². The van der Waals surface area contributed by atoms with E-state index in [1.165, 1.54) is 0 Å². The lowest BCUT2D eigenvalue weighted by Crippen LogP contribution is -1.90. The van der Waals surface area contributed by atoms with Crippen molar-refractivity contribution in [2.24, 2.45) is 0 Å². The fourth-order valence-corrected chi connectivity index (χ4v) is 2.66. The summed E-state index contributed by atoms with van der Waals surface area (Å²) in [5.41, 5.74) is 0.912. The van der Waals surface area contributed by atoms with Crippen LogP contribution in [-0.2, 0) is 5.33 Å². The summed E-state index contributed by atoms with van der Waals surface area (Å²) in [5.74, 6) is 1.10. The van der Waals surface area contributed by atoms with E-state index in [2.05, 4.69) is 15.9 Å². The maximum Gasteiger partial charge on any atom is 0.147 e. The molecule has 0 unspecified atom stereocenters. The highest BCUT2D eigenvalue weighted by Gasteiger charge is 2.10.